The van der Waals surface area contributed by atoms with Gasteiger partial charge in [-0.25, -0.2) is 4.79 Å². The van der Waals surface area contributed by atoms with Crippen molar-refractivity contribution in [2.75, 3.05) is 13.9 Å². The molecule has 1 aromatic carbocycles. The molecular formula is C18H16O7. The van der Waals surface area contributed by atoms with Crippen LogP contribution in [0.1, 0.15) is 17.9 Å². The van der Waals surface area contributed by atoms with Crippen LogP contribution in [0.4, 0.5) is 0 Å². The molecular weight excluding hydrogens is 328 g/mol. The van der Waals surface area contributed by atoms with Crippen LogP contribution in [-0.4, -0.2) is 25.8 Å². The number of aryl methyl sites for hydroxylation is 1. The van der Waals surface area contributed by atoms with Crippen LogP contribution in [-0.2, 0) is 20.7 Å². The lowest BCUT2D eigenvalue weighted by atomic mass is 10.2. The summed E-state index contributed by atoms with van der Waals surface area (Å²) in [5.74, 6) is 1.78. The fraction of sp³-hybridized carbons (Fsp3) is 0.222. The molecule has 2 aromatic rings. The maximum Gasteiger partial charge on any atom is 0.336 e. The van der Waals surface area contributed by atoms with Crippen molar-refractivity contribution in [3.05, 3.63) is 47.9 Å². The molecule has 0 amide bonds. The van der Waals surface area contributed by atoms with E-state index in [1.54, 1.807) is 30.3 Å². The zero-order valence-electron chi connectivity index (χ0n) is 13.5. The maximum absolute atomic E-state index is 11.9. The first-order valence-electron chi connectivity index (χ1n) is 7.59. The Kier molecular flexibility index (Phi) is 5.03. The molecule has 2 heterocycles. The molecule has 0 atom stereocenters. The van der Waals surface area contributed by atoms with Crippen molar-refractivity contribution in [3.63, 3.8) is 0 Å². The minimum Gasteiger partial charge on any atom is -0.469 e. The van der Waals surface area contributed by atoms with Gasteiger partial charge in [-0.1, -0.05) is 0 Å². The standard InChI is InChI=1S/C18H16O7/c1-21-17(19)8-5-12-2-3-13(24-12)6-9-18(20)25-14-4-7-15-16(10-14)23-11-22-15/h2-4,6-7,9-10H,5,8,11H2,1H3/b9-6+. The van der Waals surface area contributed by atoms with Gasteiger partial charge in [-0.3, -0.25) is 4.79 Å². The summed E-state index contributed by atoms with van der Waals surface area (Å²) >= 11 is 0. The third-order valence-electron chi connectivity index (χ3n) is 3.43. The molecule has 0 N–H and O–H groups in total. The van der Waals surface area contributed by atoms with Crippen molar-refractivity contribution in [2.24, 2.45) is 0 Å². The van der Waals surface area contributed by atoms with Gasteiger partial charge in [-0.2, -0.15) is 0 Å². The second kappa shape index (κ2) is 7.57. The van der Waals surface area contributed by atoms with Crippen molar-refractivity contribution in [1.29, 1.82) is 0 Å². The number of ether oxygens (including phenoxy) is 4. The van der Waals surface area contributed by atoms with Gasteiger partial charge in [0.25, 0.3) is 0 Å². The van der Waals surface area contributed by atoms with Crippen LogP contribution in [0.3, 0.4) is 0 Å². The van der Waals surface area contributed by atoms with Crippen molar-refractivity contribution < 1.29 is 33.0 Å². The summed E-state index contributed by atoms with van der Waals surface area (Å²) in [6.07, 6.45) is 3.42. The highest BCUT2D eigenvalue weighted by Gasteiger charge is 2.14. The highest BCUT2D eigenvalue weighted by atomic mass is 16.7. The molecule has 0 bridgehead atoms. The summed E-state index contributed by atoms with van der Waals surface area (Å²) in [6, 6.07) is 8.33. The van der Waals surface area contributed by atoms with Gasteiger partial charge in [0.2, 0.25) is 6.79 Å². The second-order valence-corrected chi connectivity index (χ2v) is 5.15. The van der Waals surface area contributed by atoms with E-state index in [-0.39, 0.29) is 19.2 Å². The topological polar surface area (TPSA) is 84.2 Å². The highest BCUT2D eigenvalue weighted by molar-refractivity contribution is 5.88. The summed E-state index contributed by atoms with van der Waals surface area (Å²) in [5.41, 5.74) is 0. The van der Waals surface area contributed by atoms with E-state index >= 15 is 0 Å². The van der Waals surface area contributed by atoms with Gasteiger partial charge in [-0.15, -0.1) is 0 Å². The van der Waals surface area contributed by atoms with Gasteiger partial charge in [0.05, 0.1) is 13.5 Å². The Bertz CT molecular complexity index is 804. The quantitative estimate of drug-likeness (QED) is 0.452. The molecule has 3 rings (SSSR count). The molecule has 0 radical (unpaired) electrons. The van der Waals surface area contributed by atoms with Gasteiger partial charge < -0.3 is 23.4 Å². The Morgan fingerprint density at radius 2 is 2.00 bits per heavy atom. The van der Waals surface area contributed by atoms with E-state index in [4.69, 9.17) is 18.6 Å². The largest absolute Gasteiger partial charge is 0.469 e. The fourth-order valence-electron chi connectivity index (χ4n) is 2.19. The lowest BCUT2D eigenvalue weighted by Gasteiger charge is -2.02. The van der Waals surface area contributed by atoms with E-state index in [1.165, 1.54) is 19.3 Å². The van der Waals surface area contributed by atoms with Crippen molar-refractivity contribution in [3.8, 4) is 17.2 Å². The smallest absolute Gasteiger partial charge is 0.336 e. The third kappa shape index (κ3) is 4.41. The summed E-state index contributed by atoms with van der Waals surface area (Å²) in [6.45, 7) is 0.156. The molecule has 0 saturated carbocycles. The summed E-state index contributed by atoms with van der Waals surface area (Å²) < 4.78 is 25.7. The molecule has 7 heteroatoms. The Morgan fingerprint density at radius 3 is 2.84 bits per heavy atom. The second-order valence-electron chi connectivity index (χ2n) is 5.15. The average molecular weight is 344 g/mol. The molecule has 0 aliphatic carbocycles. The molecule has 0 fully saturated rings. The number of fused-ring (bicyclic) bond motifs is 1. The van der Waals surface area contributed by atoms with Crippen LogP contribution in [0.25, 0.3) is 6.08 Å². The van der Waals surface area contributed by atoms with Gasteiger partial charge in [0.15, 0.2) is 11.5 Å². The number of benzene rings is 1. The third-order valence-corrected chi connectivity index (χ3v) is 3.43. The van der Waals surface area contributed by atoms with E-state index in [0.717, 1.165) is 0 Å². The minimum absolute atomic E-state index is 0.156. The molecule has 0 spiro atoms. The number of hydrogen-bond donors (Lipinski definition) is 0. The van der Waals surface area contributed by atoms with E-state index in [2.05, 4.69) is 4.74 Å². The first-order valence-corrected chi connectivity index (χ1v) is 7.59. The number of hydrogen-bond acceptors (Lipinski definition) is 7. The summed E-state index contributed by atoms with van der Waals surface area (Å²) in [4.78, 5) is 23.0. The summed E-state index contributed by atoms with van der Waals surface area (Å²) in [5, 5.41) is 0. The monoisotopic (exact) mass is 344 g/mol. The van der Waals surface area contributed by atoms with Crippen LogP contribution < -0.4 is 14.2 Å². The van der Waals surface area contributed by atoms with Crippen molar-refractivity contribution >= 4 is 18.0 Å². The lowest BCUT2D eigenvalue weighted by Crippen LogP contribution is -2.03. The molecule has 0 unspecified atom stereocenters. The number of esters is 2. The molecule has 0 saturated heterocycles. The summed E-state index contributed by atoms with van der Waals surface area (Å²) in [7, 11) is 1.34. The molecule has 130 valence electrons. The zero-order valence-corrected chi connectivity index (χ0v) is 13.5. The van der Waals surface area contributed by atoms with Crippen LogP contribution in [0.2, 0.25) is 0 Å². The number of rotatable bonds is 6. The predicted molar refractivity (Wildman–Crippen MR) is 86.3 cm³/mol. The zero-order chi connectivity index (χ0) is 17.6. The van der Waals surface area contributed by atoms with Crippen LogP contribution >= 0.6 is 0 Å². The highest BCUT2D eigenvalue weighted by Crippen LogP contribution is 2.35. The van der Waals surface area contributed by atoms with E-state index < -0.39 is 5.97 Å². The number of carbonyl (C=O) groups is 2. The van der Waals surface area contributed by atoms with Crippen LogP contribution in [0.5, 0.6) is 17.2 Å². The number of furan rings is 1. The maximum atomic E-state index is 11.9. The average Bonchev–Trinajstić information content (AvgIpc) is 3.26. The van der Waals surface area contributed by atoms with Gasteiger partial charge in [-0.05, 0) is 30.3 Å². The van der Waals surface area contributed by atoms with Gasteiger partial charge in [0, 0.05) is 18.6 Å². The first-order chi connectivity index (χ1) is 12.1. The SMILES string of the molecule is COC(=O)CCc1ccc(/C=C/C(=O)Oc2ccc3c(c2)OCO3)o1. The minimum atomic E-state index is -0.550. The van der Waals surface area contributed by atoms with Crippen molar-refractivity contribution in [2.45, 2.75) is 12.8 Å². The molecule has 1 aliphatic rings. The number of carbonyl (C=O) groups excluding carboxylic acids is 2. The van der Waals surface area contributed by atoms with E-state index in [0.29, 0.717) is 35.2 Å². The Morgan fingerprint density at radius 1 is 1.16 bits per heavy atom. The van der Waals surface area contributed by atoms with Gasteiger partial charge in [0.1, 0.15) is 17.3 Å². The van der Waals surface area contributed by atoms with Crippen molar-refractivity contribution in [1.82, 2.24) is 0 Å². The molecule has 7 nitrogen and oxygen atoms in total. The number of methoxy groups -OCH3 is 1. The van der Waals surface area contributed by atoms with E-state index in [9.17, 15) is 9.59 Å². The normalized spacial score (nSPS) is 12.4. The first kappa shape index (κ1) is 16.6. The molecule has 1 aromatic heterocycles. The fourth-order valence-corrected chi connectivity index (χ4v) is 2.19. The van der Waals surface area contributed by atoms with Crippen LogP contribution in [0.15, 0.2) is 40.8 Å². The Balaban J connectivity index is 1.54. The Hall–Kier alpha value is -3.22. The van der Waals surface area contributed by atoms with Crippen LogP contribution in [0, 0.1) is 0 Å². The van der Waals surface area contributed by atoms with E-state index in [1.807, 2.05) is 0 Å². The molecule has 1 aliphatic heterocycles. The molecule has 25 heavy (non-hydrogen) atoms. The lowest BCUT2D eigenvalue weighted by molar-refractivity contribution is -0.140. The Labute approximate surface area is 143 Å². The van der Waals surface area contributed by atoms with Gasteiger partial charge >= 0.3 is 11.9 Å². The predicted octanol–water partition coefficient (Wildman–Crippen LogP) is 2.73.